The Hall–Kier alpha value is 0.423. The van der Waals surface area contributed by atoms with Gasteiger partial charge in [-0.25, -0.2) is 0 Å². The standard InChI is InChI=1S/C11H25GeNO2/c1-4-7-13-8-10-14-12(5-2,6-3)15-11-9-13/h4-11H2,1-3H3. The van der Waals surface area contributed by atoms with Crippen LogP contribution in [0.5, 0.6) is 0 Å². The van der Waals surface area contributed by atoms with Crippen LogP contribution in [0.15, 0.2) is 0 Å². The van der Waals surface area contributed by atoms with Gasteiger partial charge < -0.3 is 0 Å². The van der Waals surface area contributed by atoms with Gasteiger partial charge in [0.25, 0.3) is 0 Å². The third-order valence-electron chi connectivity index (χ3n) is 3.16. The molecule has 0 aromatic heterocycles. The summed E-state index contributed by atoms with van der Waals surface area (Å²) in [6.45, 7) is 11.8. The van der Waals surface area contributed by atoms with E-state index in [-0.39, 0.29) is 0 Å². The van der Waals surface area contributed by atoms with Crippen molar-refractivity contribution in [1.82, 2.24) is 4.90 Å². The van der Waals surface area contributed by atoms with E-state index >= 15 is 0 Å². The Balaban J connectivity index is 2.42. The molecule has 1 heterocycles. The van der Waals surface area contributed by atoms with E-state index in [1.54, 1.807) is 0 Å². The number of hydrogen-bond acceptors (Lipinski definition) is 3. The van der Waals surface area contributed by atoms with Crippen LogP contribution in [0.2, 0.25) is 10.5 Å². The van der Waals surface area contributed by atoms with Crippen molar-refractivity contribution in [3.05, 3.63) is 0 Å². The van der Waals surface area contributed by atoms with Crippen molar-refractivity contribution in [3.8, 4) is 0 Å². The molecular weight excluding hydrogens is 251 g/mol. The van der Waals surface area contributed by atoms with Gasteiger partial charge in [0, 0.05) is 0 Å². The van der Waals surface area contributed by atoms with Crippen molar-refractivity contribution in [2.45, 2.75) is 37.7 Å². The molecule has 1 rings (SSSR count). The van der Waals surface area contributed by atoms with Crippen molar-refractivity contribution in [1.29, 1.82) is 0 Å². The normalized spacial score (nSPS) is 23.4. The van der Waals surface area contributed by atoms with Crippen LogP contribution in [0.3, 0.4) is 0 Å². The van der Waals surface area contributed by atoms with Crippen LogP contribution in [0.1, 0.15) is 27.2 Å². The Labute approximate surface area is 97.2 Å². The molecule has 0 unspecified atom stereocenters. The third-order valence-corrected chi connectivity index (χ3v) is 10.7. The molecule has 1 fully saturated rings. The average molecular weight is 276 g/mol. The fourth-order valence-corrected chi connectivity index (χ4v) is 6.95. The molecule has 0 aromatic carbocycles. The average Bonchev–Trinajstić information content (AvgIpc) is 2.23. The van der Waals surface area contributed by atoms with Gasteiger partial charge in [0.1, 0.15) is 0 Å². The molecule has 0 N–H and O–H groups in total. The summed E-state index contributed by atoms with van der Waals surface area (Å²) in [4.78, 5) is 2.44. The van der Waals surface area contributed by atoms with Crippen LogP contribution in [-0.2, 0) is 7.53 Å². The molecule has 1 aliphatic heterocycles. The number of hydrogen-bond donors (Lipinski definition) is 0. The fourth-order valence-electron chi connectivity index (χ4n) is 2.07. The summed E-state index contributed by atoms with van der Waals surface area (Å²) in [6.07, 6.45) is 1.22. The monoisotopic (exact) mass is 277 g/mol. The van der Waals surface area contributed by atoms with E-state index in [0.29, 0.717) is 0 Å². The zero-order valence-electron chi connectivity index (χ0n) is 10.4. The second-order valence-corrected chi connectivity index (χ2v) is 12.2. The third kappa shape index (κ3) is 4.06. The maximum atomic E-state index is 6.07. The van der Waals surface area contributed by atoms with Crippen LogP contribution in [0, 0.1) is 0 Å². The molecule has 4 heteroatoms. The minimum absolute atomic E-state index is 0.877. The second-order valence-electron chi connectivity index (χ2n) is 4.16. The fraction of sp³-hybridized carbons (Fsp3) is 1.00. The van der Waals surface area contributed by atoms with Gasteiger partial charge in [0.15, 0.2) is 0 Å². The van der Waals surface area contributed by atoms with Crippen LogP contribution in [0.25, 0.3) is 0 Å². The molecule has 1 saturated heterocycles. The van der Waals surface area contributed by atoms with Crippen molar-refractivity contribution in [2.24, 2.45) is 0 Å². The van der Waals surface area contributed by atoms with E-state index in [4.69, 9.17) is 7.53 Å². The Morgan fingerprint density at radius 1 is 1.00 bits per heavy atom. The maximum absolute atomic E-state index is 6.07. The van der Waals surface area contributed by atoms with Crippen LogP contribution >= 0.6 is 0 Å². The molecule has 90 valence electrons. The molecule has 0 bridgehead atoms. The molecule has 0 atom stereocenters. The summed E-state index contributed by atoms with van der Waals surface area (Å²) in [5.41, 5.74) is 0. The Morgan fingerprint density at radius 2 is 1.53 bits per heavy atom. The van der Waals surface area contributed by atoms with Crippen molar-refractivity contribution < 1.29 is 7.53 Å². The Kier molecular flexibility index (Phi) is 6.19. The molecule has 15 heavy (non-hydrogen) atoms. The number of rotatable bonds is 4. The Morgan fingerprint density at radius 3 is 1.93 bits per heavy atom. The SMILES string of the molecule is CCCN1CC[O][Ge]([CH2]C)([CH2]C)[O]CC1. The molecule has 3 nitrogen and oxygen atoms in total. The van der Waals surface area contributed by atoms with Gasteiger partial charge in [0.05, 0.1) is 0 Å². The molecule has 0 saturated carbocycles. The van der Waals surface area contributed by atoms with E-state index in [9.17, 15) is 0 Å². The molecular formula is C11H25GeNO2. The second kappa shape index (κ2) is 6.89. The predicted molar refractivity (Wildman–Crippen MR) is 65.4 cm³/mol. The van der Waals surface area contributed by atoms with Crippen molar-refractivity contribution >= 4 is 13.9 Å². The molecule has 0 aromatic rings. The summed E-state index contributed by atoms with van der Waals surface area (Å²) in [5, 5.41) is 2.26. The van der Waals surface area contributed by atoms with E-state index in [2.05, 4.69) is 25.7 Å². The summed E-state index contributed by atoms with van der Waals surface area (Å²) in [5.74, 6) is 0. The molecule has 0 radical (unpaired) electrons. The first-order valence-electron chi connectivity index (χ1n) is 6.26. The van der Waals surface area contributed by atoms with Gasteiger partial charge >= 0.3 is 96.9 Å². The molecule has 0 amide bonds. The molecule has 0 spiro atoms. The minimum atomic E-state index is -2.31. The predicted octanol–water partition coefficient (Wildman–Crippen LogP) is 2.23. The quantitative estimate of drug-likeness (QED) is 0.735. The van der Waals surface area contributed by atoms with Crippen molar-refractivity contribution in [3.63, 3.8) is 0 Å². The van der Waals surface area contributed by atoms with Gasteiger partial charge in [-0.05, 0) is 0 Å². The van der Waals surface area contributed by atoms with E-state index < -0.39 is 13.9 Å². The van der Waals surface area contributed by atoms with Gasteiger partial charge in [-0.15, -0.1) is 0 Å². The van der Waals surface area contributed by atoms with E-state index in [1.807, 2.05) is 0 Å². The van der Waals surface area contributed by atoms with Gasteiger partial charge in [-0.1, -0.05) is 0 Å². The van der Waals surface area contributed by atoms with Crippen molar-refractivity contribution in [2.75, 3.05) is 32.8 Å². The van der Waals surface area contributed by atoms with Gasteiger partial charge in [-0.2, -0.15) is 0 Å². The van der Waals surface area contributed by atoms with Crippen LogP contribution in [0.4, 0.5) is 0 Å². The van der Waals surface area contributed by atoms with Gasteiger partial charge in [0.2, 0.25) is 0 Å². The summed E-state index contributed by atoms with van der Waals surface area (Å²) < 4.78 is 12.1. The van der Waals surface area contributed by atoms with Gasteiger partial charge in [-0.3, -0.25) is 0 Å². The summed E-state index contributed by atoms with van der Waals surface area (Å²) in [7, 11) is 0. The van der Waals surface area contributed by atoms with E-state index in [1.165, 1.54) is 13.0 Å². The zero-order chi connectivity index (χ0) is 11.1. The first kappa shape index (κ1) is 13.5. The summed E-state index contributed by atoms with van der Waals surface area (Å²) >= 11 is -2.31. The summed E-state index contributed by atoms with van der Waals surface area (Å²) in [6, 6.07) is 0. The van der Waals surface area contributed by atoms with Crippen LogP contribution in [-0.4, -0.2) is 51.7 Å². The van der Waals surface area contributed by atoms with E-state index in [0.717, 1.165) is 36.8 Å². The first-order chi connectivity index (χ1) is 7.26. The molecule has 0 aliphatic carbocycles. The Bertz CT molecular complexity index is 162. The zero-order valence-corrected chi connectivity index (χ0v) is 12.5. The number of nitrogens with zero attached hydrogens (tertiary/aromatic N) is 1. The van der Waals surface area contributed by atoms with Crippen LogP contribution < -0.4 is 0 Å². The first-order valence-corrected chi connectivity index (χ1v) is 10.9. The topological polar surface area (TPSA) is 21.7 Å². The molecule has 1 aliphatic rings.